The third-order valence-corrected chi connectivity index (χ3v) is 19.6. The number of carbonyl (C=O) groups is 7. The van der Waals surface area contributed by atoms with Gasteiger partial charge in [-0.3, -0.25) is 19.2 Å². The van der Waals surface area contributed by atoms with E-state index in [0.717, 1.165) is 64.2 Å². The normalized spacial score (nSPS) is 25.5. The Morgan fingerprint density at radius 2 is 1.04 bits per heavy atom. The van der Waals surface area contributed by atoms with Crippen LogP contribution in [0.15, 0.2) is 218 Å². The molecular formula is C88H115NO16. The zero-order valence-corrected chi connectivity index (χ0v) is 63.7. The summed E-state index contributed by atoms with van der Waals surface area (Å²) in [4.78, 5) is 104. The van der Waals surface area contributed by atoms with E-state index in [4.69, 9.17) is 33.2 Å². The van der Waals surface area contributed by atoms with E-state index < -0.39 is 142 Å². The van der Waals surface area contributed by atoms with Gasteiger partial charge in [0.25, 0.3) is 0 Å². The van der Waals surface area contributed by atoms with Gasteiger partial charge < -0.3 is 48.7 Å². The number of esters is 5. The molecule has 105 heavy (non-hydrogen) atoms. The van der Waals surface area contributed by atoms with Crippen molar-refractivity contribution in [1.29, 1.82) is 0 Å². The molecule has 1 aliphatic heterocycles. The molecule has 17 nitrogen and oxygen atoms in total. The van der Waals surface area contributed by atoms with Crippen molar-refractivity contribution in [2.24, 2.45) is 28.6 Å². The number of allylic oxidation sites excluding steroid dienone is 25. The number of alkyl carbamates (subject to hydrolysis) is 1. The fourth-order valence-corrected chi connectivity index (χ4v) is 14.4. The third-order valence-electron chi connectivity index (χ3n) is 19.6. The van der Waals surface area contributed by atoms with Gasteiger partial charge in [0, 0.05) is 43.4 Å². The van der Waals surface area contributed by atoms with E-state index in [1.807, 2.05) is 36.5 Å². The number of hydrogen-bond donors (Lipinski definition) is 3. The van der Waals surface area contributed by atoms with Crippen molar-refractivity contribution in [3.05, 3.63) is 229 Å². The Balaban J connectivity index is 1.37. The molecule has 2 aromatic rings. The highest BCUT2D eigenvalue weighted by Gasteiger charge is 2.80. The first-order chi connectivity index (χ1) is 50.3. The van der Waals surface area contributed by atoms with Crippen molar-refractivity contribution in [2.75, 3.05) is 6.61 Å². The summed E-state index contributed by atoms with van der Waals surface area (Å²) in [7, 11) is 0. The Kier molecular flexibility index (Phi) is 34.4. The number of aliphatic hydroxyl groups is 2. The highest BCUT2D eigenvalue weighted by molar-refractivity contribution is 6.02. The van der Waals surface area contributed by atoms with Crippen molar-refractivity contribution < 1.29 is 76.9 Å². The molecule has 12 atom stereocenters. The number of Topliss-reactive ketones (excluding diaryl/α,β-unsaturated/α-hetero) is 1. The monoisotopic (exact) mass is 1440 g/mol. The number of nitrogens with one attached hydrogen (secondary N) is 1. The van der Waals surface area contributed by atoms with Gasteiger partial charge in [0.05, 0.1) is 29.5 Å². The highest BCUT2D eigenvalue weighted by Crippen LogP contribution is 2.66. The summed E-state index contributed by atoms with van der Waals surface area (Å²) in [5.74, 6) is -9.92. The van der Waals surface area contributed by atoms with E-state index in [0.29, 0.717) is 18.4 Å². The molecule has 2 saturated carbocycles. The number of amides is 1. The second-order valence-electron chi connectivity index (χ2n) is 29.0. The predicted octanol–water partition coefficient (Wildman–Crippen LogP) is 17.8. The molecule has 0 radical (unpaired) electrons. The molecule has 3 N–H and O–H groups in total. The second-order valence-corrected chi connectivity index (χ2v) is 29.0. The van der Waals surface area contributed by atoms with Gasteiger partial charge in [-0.25, -0.2) is 14.4 Å². The van der Waals surface area contributed by atoms with E-state index in [2.05, 4.69) is 129 Å². The number of aliphatic hydroxyl groups excluding tert-OH is 1. The molecule has 2 aromatic carbocycles. The van der Waals surface area contributed by atoms with Crippen LogP contribution in [0.4, 0.5) is 4.79 Å². The van der Waals surface area contributed by atoms with Crippen LogP contribution in [0.1, 0.15) is 207 Å². The third kappa shape index (κ3) is 24.1. The van der Waals surface area contributed by atoms with Crippen LogP contribution in [0.2, 0.25) is 0 Å². The van der Waals surface area contributed by atoms with Crippen molar-refractivity contribution in [1.82, 2.24) is 5.32 Å². The molecule has 3 fully saturated rings. The minimum atomic E-state index is -2.53. The largest absolute Gasteiger partial charge is 0.461 e. The van der Waals surface area contributed by atoms with Gasteiger partial charge in [-0.2, -0.15) is 0 Å². The smallest absolute Gasteiger partial charge is 0.408 e. The first-order valence-electron chi connectivity index (χ1n) is 37.5. The number of carbonyl (C=O) groups excluding carboxylic acids is 7. The molecule has 12 unspecified atom stereocenters. The van der Waals surface area contributed by atoms with Gasteiger partial charge >= 0.3 is 35.9 Å². The summed E-state index contributed by atoms with van der Waals surface area (Å²) in [6.07, 6.45) is 50.3. The summed E-state index contributed by atoms with van der Waals surface area (Å²) in [5.41, 5.74) is -9.15. The second kappa shape index (κ2) is 42.4. The number of fused-ring (bicyclic) bond motifs is 5. The topological polar surface area (TPSA) is 237 Å². The Morgan fingerprint density at radius 3 is 1.47 bits per heavy atom. The number of benzene rings is 2. The minimum absolute atomic E-state index is 0.0355. The van der Waals surface area contributed by atoms with E-state index in [9.17, 15) is 34.2 Å². The predicted molar refractivity (Wildman–Crippen MR) is 410 cm³/mol. The molecule has 6 rings (SSSR count). The number of ketones is 1. The molecule has 2 bridgehead atoms. The van der Waals surface area contributed by atoms with Crippen LogP contribution in [-0.4, -0.2) is 106 Å². The summed E-state index contributed by atoms with van der Waals surface area (Å²) in [6.45, 7) is 18.0. The molecule has 1 heterocycles. The van der Waals surface area contributed by atoms with Gasteiger partial charge in [-0.05, 0) is 141 Å². The molecule has 1 amide bonds. The van der Waals surface area contributed by atoms with Gasteiger partial charge in [0.2, 0.25) is 5.78 Å². The van der Waals surface area contributed by atoms with Crippen LogP contribution in [0.25, 0.3) is 0 Å². The Morgan fingerprint density at radius 1 is 0.600 bits per heavy atom. The average Bonchev–Trinajstić information content (AvgIpc) is 0.664. The number of ether oxygens (including phenoxy) is 7. The molecule has 0 spiro atoms. The number of hydrogen-bond acceptors (Lipinski definition) is 16. The summed E-state index contributed by atoms with van der Waals surface area (Å²) >= 11 is 0. The summed E-state index contributed by atoms with van der Waals surface area (Å²) < 4.78 is 44.6. The standard InChI is InChI=1S/C88H115NO16/c1-12-14-16-18-20-22-24-26-28-30-32-34-36-38-40-42-44-46-54-60-70(91)101-75-72-64(3)69(100-82(96)74(93)73(67-56-50-48-51-57-67)89-83(97)105-84(6,7)8)62-88(98,85(72,9)10)80(103-81(95)68-58-52-49-53-59-68)76-86(11,77(75)94)78(65(4)79-87(76,63-99-79)104-66(5)90)102-71(92)61-55-47-45-43-41-39-37-35-33-31-29-27-25-23-21-19-17-15-13-2/h14-17,20-23,26-29,32-35,38-41,44-53,56-59,64-65,69,73-74,76,78-80,93,98H,12-13,18-19,24-25,30-31,36-37,42-43,54-55,60-63H2,1-11H3,(H,89,97). The molecule has 4 aliphatic rings. The lowest BCUT2D eigenvalue weighted by atomic mass is 9.43. The van der Waals surface area contributed by atoms with E-state index in [1.54, 1.807) is 97.0 Å². The van der Waals surface area contributed by atoms with Crippen molar-refractivity contribution >= 4 is 41.7 Å². The van der Waals surface area contributed by atoms with E-state index >= 15 is 9.59 Å². The van der Waals surface area contributed by atoms with Crippen LogP contribution < -0.4 is 5.32 Å². The van der Waals surface area contributed by atoms with Crippen LogP contribution in [0.3, 0.4) is 0 Å². The average molecular weight is 1440 g/mol. The molecule has 17 heteroatoms. The molecule has 3 aliphatic carbocycles. The van der Waals surface area contributed by atoms with Crippen molar-refractivity contribution in [2.45, 2.75) is 239 Å². The van der Waals surface area contributed by atoms with Gasteiger partial charge in [0.1, 0.15) is 35.6 Å². The number of rotatable bonds is 38. The Bertz CT molecular complexity index is 3590. The van der Waals surface area contributed by atoms with Gasteiger partial charge in [-0.15, -0.1) is 0 Å². The van der Waals surface area contributed by atoms with Crippen molar-refractivity contribution in [3.63, 3.8) is 0 Å². The maximum absolute atomic E-state index is 17.1. The first kappa shape index (κ1) is 85.2. The lowest BCUT2D eigenvalue weighted by Crippen LogP contribution is -2.83. The fraction of sp³-hybridized carbons (Fsp3) is 0.489. The van der Waals surface area contributed by atoms with Gasteiger partial charge in [0.15, 0.2) is 17.5 Å². The minimum Gasteiger partial charge on any atom is -0.461 e. The van der Waals surface area contributed by atoms with Crippen LogP contribution in [0.5, 0.6) is 0 Å². The van der Waals surface area contributed by atoms with Crippen LogP contribution in [-0.2, 0) is 57.1 Å². The summed E-state index contributed by atoms with van der Waals surface area (Å²) in [6, 6.07) is 14.7. The first-order valence-corrected chi connectivity index (χ1v) is 37.5. The molecule has 0 aromatic heterocycles. The maximum Gasteiger partial charge on any atom is 0.408 e. The highest BCUT2D eigenvalue weighted by atomic mass is 16.6. The fourth-order valence-electron chi connectivity index (χ4n) is 14.4. The van der Waals surface area contributed by atoms with E-state index in [-0.39, 0.29) is 36.8 Å². The van der Waals surface area contributed by atoms with Crippen LogP contribution >= 0.6 is 0 Å². The Labute approximate surface area is 623 Å². The lowest BCUT2D eigenvalue weighted by Gasteiger charge is -2.68. The van der Waals surface area contributed by atoms with E-state index in [1.165, 1.54) is 26.0 Å². The van der Waals surface area contributed by atoms with Crippen LogP contribution in [0, 0.1) is 28.6 Å². The SMILES string of the molecule is CCC=CCC=CCC=CCC=CCC=CCC=CCCC(=O)OC1=C2C(C)C(OC(=O)C(O)C(NC(=O)OC(C)(C)C)c3ccccc3)CC(O)(C(OC(=O)c3ccccc3)C3C4(OC(C)=O)COC4C(C)C(OC(=O)CCC=CCC=CCC=CCC=CCC=CCC=CCC)C3(C)C1=O)C2(C)C. The summed E-state index contributed by atoms with van der Waals surface area (Å²) in [5, 5.41) is 29.3. The zero-order valence-electron chi connectivity index (χ0n) is 63.7. The quantitative estimate of drug-likeness (QED) is 0.0322. The lowest BCUT2D eigenvalue weighted by molar-refractivity contribution is -0.360. The molecular weight excluding hydrogens is 1330 g/mol. The Hall–Kier alpha value is -8.77. The van der Waals surface area contributed by atoms with Crippen molar-refractivity contribution in [3.8, 4) is 0 Å². The zero-order chi connectivity index (χ0) is 76.5. The molecule has 1 saturated heterocycles. The maximum atomic E-state index is 17.1. The van der Waals surface area contributed by atoms with Gasteiger partial charge in [-0.1, -0.05) is 236 Å². The molecule has 568 valence electrons.